The fourth-order valence-corrected chi connectivity index (χ4v) is 1.23. The molecule has 0 radical (unpaired) electrons. The average molecular weight is 213 g/mol. The minimum Gasteiger partial charge on any atom is -0.488 e. The molecule has 0 amide bonds. The zero-order valence-electron chi connectivity index (χ0n) is 9.00. The van der Waals surface area contributed by atoms with Crippen molar-refractivity contribution in [1.82, 2.24) is 0 Å². The Hall–Kier alpha value is -1.13. The van der Waals surface area contributed by atoms with E-state index in [-0.39, 0.29) is 17.7 Å². The molecule has 15 heavy (non-hydrogen) atoms. The van der Waals surface area contributed by atoms with Crippen LogP contribution in [0.4, 0.5) is 4.39 Å². The zero-order chi connectivity index (χ0) is 11.3. The van der Waals surface area contributed by atoms with Crippen LogP contribution in [0.3, 0.4) is 0 Å². The number of nitrogens with two attached hydrogens (primary N) is 1. The number of halogens is 1. The van der Waals surface area contributed by atoms with E-state index in [0.717, 1.165) is 5.56 Å². The van der Waals surface area contributed by atoms with Crippen molar-refractivity contribution in [3.8, 4) is 5.75 Å². The van der Waals surface area contributed by atoms with Crippen LogP contribution in [0.5, 0.6) is 5.75 Å². The molecule has 1 aromatic rings. The maximum absolute atomic E-state index is 13.4. The monoisotopic (exact) mass is 213 g/mol. The van der Waals surface area contributed by atoms with Crippen LogP contribution in [-0.2, 0) is 11.3 Å². The molecule has 0 fully saturated rings. The molecule has 0 spiro atoms. The highest BCUT2D eigenvalue weighted by Crippen LogP contribution is 2.19. The highest BCUT2D eigenvalue weighted by molar-refractivity contribution is 5.29. The Bertz CT molecular complexity index is 315. The van der Waals surface area contributed by atoms with Gasteiger partial charge in [-0.25, -0.2) is 10.3 Å². The van der Waals surface area contributed by atoms with Crippen LogP contribution in [0.1, 0.15) is 19.4 Å². The van der Waals surface area contributed by atoms with Gasteiger partial charge in [0.2, 0.25) is 0 Å². The predicted molar refractivity (Wildman–Crippen MR) is 56.0 cm³/mol. The molecule has 0 bridgehead atoms. The van der Waals surface area contributed by atoms with Crippen molar-refractivity contribution in [3.63, 3.8) is 0 Å². The lowest BCUT2D eigenvalue weighted by atomic mass is 10.1. The third kappa shape index (κ3) is 3.85. The van der Waals surface area contributed by atoms with Gasteiger partial charge in [0.15, 0.2) is 11.6 Å². The van der Waals surface area contributed by atoms with Gasteiger partial charge in [-0.2, -0.15) is 0 Å². The SMILES string of the molecule is CC(C)Oc1ccc(CCON)cc1F. The van der Waals surface area contributed by atoms with E-state index in [1.807, 2.05) is 13.8 Å². The van der Waals surface area contributed by atoms with E-state index < -0.39 is 0 Å². The molecule has 4 heteroatoms. The number of hydrogen-bond donors (Lipinski definition) is 1. The molecule has 2 N–H and O–H groups in total. The van der Waals surface area contributed by atoms with E-state index >= 15 is 0 Å². The van der Waals surface area contributed by atoms with Crippen molar-refractivity contribution in [3.05, 3.63) is 29.6 Å². The van der Waals surface area contributed by atoms with Crippen molar-refractivity contribution in [2.75, 3.05) is 6.61 Å². The summed E-state index contributed by atoms with van der Waals surface area (Å²) in [6.07, 6.45) is 0.563. The maximum Gasteiger partial charge on any atom is 0.165 e. The minimum atomic E-state index is -0.349. The average Bonchev–Trinajstić information content (AvgIpc) is 2.18. The Kier molecular flexibility index (Phi) is 4.52. The molecular formula is C11H16FNO2. The second kappa shape index (κ2) is 5.68. The van der Waals surface area contributed by atoms with Gasteiger partial charge >= 0.3 is 0 Å². The molecule has 0 saturated carbocycles. The lowest BCUT2D eigenvalue weighted by Gasteiger charge is -2.11. The molecule has 0 aromatic heterocycles. The van der Waals surface area contributed by atoms with E-state index in [1.54, 1.807) is 12.1 Å². The first-order chi connectivity index (χ1) is 7.13. The predicted octanol–water partition coefficient (Wildman–Crippen LogP) is 2.05. The lowest BCUT2D eigenvalue weighted by molar-refractivity contribution is 0.141. The first-order valence-corrected chi connectivity index (χ1v) is 4.90. The molecule has 0 heterocycles. The summed E-state index contributed by atoms with van der Waals surface area (Å²) >= 11 is 0. The van der Waals surface area contributed by atoms with Crippen LogP contribution in [0.2, 0.25) is 0 Å². The Morgan fingerprint density at radius 3 is 2.67 bits per heavy atom. The molecule has 0 unspecified atom stereocenters. The van der Waals surface area contributed by atoms with Gasteiger partial charge in [-0.1, -0.05) is 6.07 Å². The standard InChI is InChI=1S/C11H16FNO2/c1-8(2)15-11-4-3-9(5-6-14-13)7-10(11)12/h3-4,7-8H,5-6,13H2,1-2H3. The van der Waals surface area contributed by atoms with Crippen LogP contribution >= 0.6 is 0 Å². The third-order valence-corrected chi connectivity index (χ3v) is 1.87. The smallest absolute Gasteiger partial charge is 0.165 e. The van der Waals surface area contributed by atoms with Gasteiger partial charge in [0.1, 0.15) is 0 Å². The fraction of sp³-hybridized carbons (Fsp3) is 0.455. The summed E-state index contributed by atoms with van der Waals surface area (Å²) in [7, 11) is 0. The van der Waals surface area contributed by atoms with Gasteiger partial charge in [-0.05, 0) is 38.0 Å². The quantitative estimate of drug-likeness (QED) is 0.761. The summed E-state index contributed by atoms with van der Waals surface area (Å²) in [4.78, 5) is 4.43. The van der Waals surface area contributed by atoms with E-state index in [4.69, 9.17) is 10.6 Å². The van der Waals surface area contributed by atoms with Crippen molar-refractivity contribution in [2.24, 2.45) is 5.90 Å². The summed E-state index contributed by atoms with van der Waals surface area (Å²) in [6.45, 7) is 4.09. The van der Waals surface area contributed by atoms with Crippen molar-refractivity contribution in [2.45, 2.75) is 26.4 Å². The van der Waals surface area contributed by atoms with E-state index in [0.29, 0.717) is 13.0 Å². The number of benzene rings is 1. The number of ether oxygens (including phenoxy) is 1. The normalized spacial score (nSPS) is 10.7. The topological polar surface area (TPSA) is 44.5 Å². The van der Waals surface area contributed by atoms with Crippen LogP contribution in [-0.4, -0.2) is 12.7 Å². The largest absolute Gasteiger partial charge is 0.488 e. The Morgan fingerprint density at radius 1 is 1.40 bits per heavy atom. The lowest BCUT2D eigenvalue weighted by Crippen LogP contribution is -2.08. The second-order valence-electron chi connectivity index (χ2n) is 3.55. The van der Waals surface area contributed by atoms with Crippen molar-refractivity contribution in [1.29, 1.82) is 0 Å². The number of hydrogen-bond acceptors (Lipinski definition) is 3. The van der Waals surface area contributed by atoms with Crippen LogP contribution < -0.4 is 10.6 Å². The summed E-state index contributed by atoms with van der Waals surface area (Å²) < 4.78 is 18.7. The first-order valence-electron chi connectivity index (χ1n) is 4.90. The van der Waals surface area contributed by atoms with E-state index in [9.17, 15) is 4.39 Å². The number of rotatable bonds is 5. The molecule has 1 aromatic carbocycles. The Balaban J connectivity index is 2.70. The molecule has 0 atom stereocenters. The summed E-state index contributed by atoms with van der Waals surface area (Å²) in [5, 5.41) is 0. The van der Waals surface area contributed by atoms with Gasteiger partial charge in [0.05, 0.1) is 12.7 Å². The van der Waals surface area contributed by atoms with Crippen LogP contribution in [0, 0.1) is 5.82 Å². The molecular weight excluding hydrogens is 197 g/mol. The van der Waals surface area contributed by atoms with Gasteiger partial charge in [-0.3, -0.25) is 0 Å². The van der Waals surface area contributed by atoms with Crippen LogP contribution in [0.15, 0.2) is 18.2 Å². The van der Waals surface area contributed by atoms with Gasteiger partial charge in [-0.15, -0.1) is 0 Å². The first kappa shape index (κ1) is 11.9. The van der Waals surface area contributed by atoms with Crippen molar-refractivity contribution >= 4 is 0 Å². The van der Waals surface area contributed by atoms with E-state index in [1.165, 1.54) is 6.07 Å². The molecule has 0 aliphatic heterocycles. The Morgan fingerprint density at radius 2 is 2.13 bits per heavy atom. The van der Waals surface area contributed by atoms with Gasteiger partial charge in [0, 0.05) is 0 Å². The van der Waals surface area contributed by atoms with Gasteiger partial charge < -0.3 is 9.57 Å². The summed E-state index contributed by atoms with van der Waals surface area (Å²) in [6, 6.07) is 4.87. The van der Waals surface area contributed by atoms with Gasteiger partial charge in [0.25, 0.3) is 0 Å². The summed E-state index contributed by atoms with van der Waals surface area (Å²) in [5.41, 5.74) is 0.842. The molecule has 1 rings (SSSR count). The summed E-state index contributed by atoms with van der Waals surface area (Å²) in [5.74, 6) is 4.82. The zero-order valence-corrected chi connectivity index (χ0v) is 9.00. The Labute approximate surface area is 88.9 Å². The second-order valence-corrected chi connectivity index (χ2v) is 3.55. The van der Waals surface area contributed by atoms with E-state index in [2.05, 4.69) is 4.84 Å². The molecule has 0 aliphatic rings. The molecule has 0 aliphatic carbocycles. The van der Waals surface area contributed by atoms with Crippen molar-refractivity contribution < 1.29 is 14.0 Å². The fourth-order valence-electron chi connectivity index (χ4n) is 1.23. The minimum absolute atomic E-state index is 0.0299. The molecule has 3 nitrogen and oxygen atoms in total. The van der Waals surface area contributed by atoms with Crippen LogP contribution in [0.25, 0.3) is 0 Å². The highest BCUT2D eigenvalue weighted by Gasteiger charge is 2.06. The molecule has 84 valence electrons. The molecule has 0 saturated heterocycles. The highest BCUT2D eigenvalue weighted by atomic mass is 19.1. The third-order valence-electron chi connectivity index (χ3n) is 1.87. The maximum atomic E-state index is 13.4.